The highest BCUT2D eigenvalue weighted by atomic mass is 16.7. The number of methoxy groups -OCH3 is 1. The lowest BCUT2D eigenvalue weighted by Crippen LogP contribution is -2.41. The largest absolute Gasteiger partial charge is 0.469 e. The van der Waals surface area contributed by atoms with E-state index >= 15 is 0 Å². The molecule has 1 N–H and O–H groups in total. The molecule has 0 radical (unpaired) electrons. The van der Waals surface area contributed by atoms with Crippen molar-refractivity contribution in [2.75, 3.05) is 20.2 Å². The van der Waals surface area contributed by atoms with Crippen molar-refractivity contribution in [1.29, 1.82) is 0 Å². The van der Waals surface area contributed by atoms with Crippen molar-refractivity contribution in [3.63, 3.8) is 0 Å². The summed E-state index contributed by atoms with van der Waals surface area (Å²) in [5.74, 6) is -0.736. The van der Waals surface area contributed by atoms with E-state index in [1.54, 1.807) is 0 Å². The van der Waals surface area contributed by atoms with Crippen LogP contribution in [0.3, 0.4) is 0 Å². The third kappa shape index (κ3) is 3.86. The zero-order chi connectivity index (χ0) is 18.1. The normalized spacial score (nSPS) is 28.2. The summed E-state index contributed by atoms with van der Waals surface area (Å²) in [4.78, 5) is 24.3. The van der Waals surface area contributed by atoms with Gasteiger partial charge in [0.1, 0.15) is 0 Å². The van der Waals surface area contributed by atoms with E-state index in [0.29, 0.717) is 6.54 Å². The molecule has 8 heteroatoms. The van der Waals surface area contributed by atoms with Gasteiger partial charge in [-0.3, -0.25) is 4.79 Å². The van der Waals surface area contributed by atoms with Crippen LogP contribution in [0.1, 0.15) is 40.5 Å². The number of carbonyl (C=O) groups is 2. The molecule has 2 fully saturated rings. The summed E-state index contributed by atoms with van der Waals surface area (Å²) < 4.78 is 16.7. The lowest BCUT2D eigenvalue weighted by molar-refractivity contribution is -0.146. The van der Waals surface area contributed by atoms with Crippen molar-refractivity contribution < 1.29 is 28.7 Å². The van der Waals surface area contributed by atoms with Crippen LogP contribution in [0.4, 0.5) is 4.79 Å². The predicted molar refractivity (Wildman–Crippen MR) is 88.7 cm³/mol. The molecule has 136 valence electrons. The minimum atomic E-state index is -0.989. The maximum absolute atomic E-state index is 11.9. The van der Waals surface area contributed by atoms with E-state index in [1.807, 2.05) is 27.7 Å². The topological polar surface area (TPSA) is 85.3 Å². The molecule has 0 aromatic heterocycles. The lowest BCUT2D eigenvalue weighted by Gasteiger charge is -2.32. The number of nitrogens with zero attached hydrogens (tertiary/aromatic N) is 1. The SMILES string of the molecule is COC(=O)C1CN(C(=O)O)CC1CCCB1OC(C)(C)C(C)(C)O1. The fraction of sp³-hybridized carbons (Fsp3) is 0.875. The number of amides is 1. The molecule has 2 aliphatic rings. The van der Waals surface area contributed by atoms with E-state index in [0.717, 1.165) is 19.2 Å². The zero-order valence-electron chi connectivity index (χ0n) is 15.2. The Morgan fingerprint density at radius 3 is 2.29 bits per heavy atom. The Morgan fingerprint density at radius 2 is 1.79 bits per heavy atom. The van der Waals surface area contributed by atoms with Gasteiger partial charge in [0.2, 0.25) is 0 Å². The zero-order valence-corrected chi connectivity index (χ0v) is 15.2. The molecule has 2 heterocycles. The minimum absolute atomic E-state index is 0.0176. The molecule has 0 aromatic rings. The van der Waals surface area contributed by atoms with E-state index < -0.39 is 6.09 Å². The van der Waals surface area contributed by atoms with Crippen molar-refractivity contribution in [2.45, 2.75) is 58.1 Å². The summed E-state index contributed by atoms with van der Waals surface area (Å²) in [6.45, 7) is 8.65. The summed E-state index contributed by atoms with van der Waals surface area (Å²) >= 11 is 0. The number of hydrogen-bond acceptors (Lipinski definition) is 5. The van der Waals surface area contributed by atoms with Crippen LogP contribution in [0.5, 0.6) is 0 Å². The Morgan fingerprint density at radius 1 is 1.21 bits per heavy atom. The van der Waals surface area contributed by atoms with E-state index in [1.165, 1.54) is 12.0 Å². The van der Waals surface area contributed by atoms with Gasteiger partial charge in [-0.1, -0.05) is 6.42 Å². The quantitative estimate of drug-likeness (QED) is 0.610. The van der Waals surface area contributed by atoms with E-state index in [-0.39, 0.29) is 42.7 Å². The Balaban J connectivity index is 1.86. The molecular formula is C16H28BNO6. The van der Waals surface area contributed by atoms with Crippen LogP contribution in [0, 0.1) is 11.8 Å². The molecule has 2 aliphatic heterocycles. The van der Waals surface area contributed by atoms with E-state index in [2.05, 4.69) is 0 Å². The maximum atomic E-state index is 11.9. The third-order valence-electron chi connectivity index (χ3n) is 5.53. The first-order valence-corrected chi connectivity index (χ1v) is 8.48. The molecule has 7 nitrogen and oxygen atoms in total. The fourth-order valence-corrected chi connectivity index (χ4v) is 3.37. The van der Waals surface area contributed by atoms with Crippen LogP contribution in [-0.4, -0.2) is 60.6 Å². The van der Waals surface area contributed by atoms with Gasteiger partial charge in [0.05, 0.1) is 24.2 Å². The summed E-state index contributed by atoms with van der Waals surface area (Å²) in [5.41, 5.74) is -0.695. The first-order valence-electron chi connectivity index (χ1n) is 8.48. The fourth-order valence-electron chi connectivity index (χ4n) is 3.37. The summed E-state index contributed by atoms with van der Waals surface area (Å²) in [6, 6.07) is 0. The van der Waals surface area contributed by atoms with Gasteiger partial charge in [0.25, 0.3) is 0 Å². The van der Waals surface area contributed by atoms with Gasteiger partial charge >= 0.3 is 19.2 Å². The standard InChI is InChI=1S/C16H28BNO6/c1-15(2)16(3,4)24-17(23-15)8-6-7-11-9-18(14(20)21)10-12(11)13(19)22-5/h11-12H,6-10H2,1-5H3,(H,20,21). The molecule has 2 rings (SSSR count). The summed E-state index contributed by atoms with van der Waals surface area (Å²) in [6.07, 6.45) is 1.29. The van der Waals surface area contributed by atoms with Crippen molar-refractivity contribution >= 4 is 19.2 Å². The molecule has 0 saturated carbocycles. The second kappa shape index (κ2) is 6.92. The minimum Gasteiger partial charge on any atom is -0.469 e. The smallest absolute Gasteiger partial charge is 0.457 e. The third-order valence-corrected chi connectivity index (χ3v) is 5.53. The van der Waals surface area contributed by atoms with Crippen LogP contribution in [0.25, 0.3) is 0 Å². The van der Waals surface area contributed by atoms with Crippen LogP contribution < -0.4 is 0 Å². The molecule has 0 aromatic carbocycles. The molecule has 0 aliphatic carbocycles. The maximum Gasteiger partial charge on any atom is 0.457 e. The average molecular weight is 341 g/mol. The van der Waals surface area contributed by atoms with Crippen molar-refractivity contribution in [3.05, 3.63) is 0 Å². The highest BCUT2D eigenvalue weighted by molar-refractivity contribution is 6.45. The van der Waals surface area contributed by atoms with Gasteiger partial charge in [-0.2, -0.15) is 0 Å². The van der Waals surface area contributed by atoms with E-state index in [4.69, 9.17) is 19.2 Å². The van der Waals surface area contributed by atoms with Gasteiger partial charge in [-0.05, 0) is 46.4 Å². The number of likely N-dealkylation sites (tertiary alicyclic amines) is 1. The number of ether oxygens (including phenoxy) is 1. The van der Waals surface area contributed by atoms with E-state index in [9.17, 15) is 9.59 Å². The number of rotatable bonds is 5. The van der Waals surface area contributed by atoms with Gasteiger partial charge < -0.3 is 24.1 Å². The van der Waals surface area contributed by atoms with Crippen molar-refractivity contribution in [1.82, 2.24) is 4.90 Å². The van der Waals surface area contributed by atoms with Crippen LogP contribution >= 0.6 is 0 Å². The molecule has 2 atom stereocenters. The monoisotopic (exact) mass is 341 g/mol. The molecule has 2 saturated heterocycles. The van der Waals surface area contributed by atoms with Gasteiger partial charge in [0, 0.05) is 13.1 Å². The molecule has 24 heavy (non-hydrogen) atoms. The number of carboxylic acid groups (broad SMARTS) is 1. The first kappa shape index (κ1) is 19.1. The lowest BCUT2D eigenvalue weighted by atomic mass is 9.79. The highest BCUT2D eigenvalue weighted by Gasteiger charge is 2.50. The van der Waals surface area contributed by atoms with Crippen LogP contribution in [-0.2, 0) is 18.8 Å². The Labute approximate surface area is 143 Å². The van der Waals surface area contributed by atoms with Gasteiger partial charge in [-0.15, -0.1) is 0 Å². The Kier molecular flexibility index (Phi) is 5.49. The molecular weight excluding hydrogens is 313 g/mol. The van der Waals surface area contributed by atoms with Crippen molar-refractivity contribution in [3.8, 4) is 0 Å². The number of esters is 1. The summed E-state index contributed by atoms with van der Waals surface area (Å²) in [7, 11) is 1.08. The van der Waals surface area contributed by atoms with Gasteiger partial charge in [0.15, 0.2) is 0 Å². The van der Waals surface area contributed by atoms with Crippen LogP contribution in [0.2, 0.25) is 6.32 Å². The Hall–Kier alpha value is -1.28. The number of hydrogen-bond donors (Lipinski definition) is 1. The molecule has 0 spiro atoms. The first-order chi connectivity index (χ1) is 11.1. The molecule has 0 bridgehead atoms. The summed E-state index contributed by atoms with van der Waals surface area (Å²) in [5, 5.41) is 9.15. The second-order valence-electron chi connectivity index (χ2n) is 7.69. The van der Waals surface area contributed by atoms with Gasteiger partial charge in [-0.25, -0.2) is 4.79 Å². The molecule has 2 unspecified atom stereocenters. The van der Waals surface area contributed by atoms with Crippen LogP contribution in [0.15, 0.2) is 0 Å². The predicted octanol–water partition coefficient (Wildman–Crippen LogP) is 2.26. The highest BCUT2D eigenvalue weighted by Crippen LogP contribution is 2.38. The Bertz CT molecular complexity index is 479. The number of carbonyl (C=O) groups excluding carboxylic acids is 1. The average Bonchev–Trinajstić information content (AvgIpc) is 2.97. The second-order valence-corrected chi connectivity index (χ2v) is 7.69. The molecule has 1 amide bonds. The van der Waals surface area contributed by atoms with Crippen molar-refractivity contribution in [2.24, 2.45) is 11.8 Å².